The summed E-state index contributed by atoms with van der Waals surface area (Å²) in [5.41, 5.74) is 1.85. The van der Waals surface area contributed by atoms with Crippen LogP contribution in [0.15, 0.2) is 16.6 Å². The third-order valence-corrected chi connectivity index (χ3v) is 3.59. The zero-order valence-electron chi connectivity index (χ0n) is 11.6. The van der Waals surface area contributed by atoms with Crippen LogP contribution in [0.5, 0.6) is 0 Å². The molecule has 0 unspecified atom stereocenters. The summed E-state index contributed by atoms with van der Waals surface area (Å²) in [5, 5.41) is 4.16. The Labute approximate surface area is 117 Å². The van der Waals surface area contributed by atoms with Crippen molar-refractivity contribution in [1.29, 1.82) is 0 Å². The highest BCUT2D eigenvalue weighted by Crippen LogP contribution is 2.20. The number of barbiturate groups is 1. The molecule has 1 aliphatic carbocycles. The van der Waals surface area contributed by atoms with Gasteiger partial charge < -0.3 is 0 Å². The molecule has 6 nitrogen and oxygen atoms in total. The van der Waals surface area contributed by atoms with E-state index in [2.05, 4.69) is 21.7 Å². The normalized spacial score (nSPS) is 21.4. The Bertz CT molecular complexity index is 474. The number of nitrogens with one attached hydrogen (secondary N) is 2. The molecule has 0 radical (unpaired) electrons. The van der Waals surface area contributed by atoms with Crippen LogP contribution < -0.4 is 10.6 Å². The number of imide groups is 2. The highest BCUT2D eigenvalue weighted by molar-refractivity contribution is 6.27. The lowest BCUT2D eigenvalue weighted by Crippen LogP contribution is -2.57. The minimum Gasteiger partial charge on any atom is -0.293 e. The number of aliphatic imine (C=N–C) groups is 1. The lowest BCUT2D eigenvalue weighted by atomic mass is 9.97. The molecule has 0 atom stereocenters. The van der Waals surface area contributed by atoms with Crippen LogP contribution in [-0.4, -0.2) is 30.1 Å². The number of hydrogen-bond donors (Lipinski definition) is 2. The van der Waals surface area contributed by atoms with Gasteiger partial charge in [0.25, 0.3) is 0 Å². The van der Waals surface area contributed by atoms with Gasteiger partial charge in [0.2, 0.25) is 11.8 Å². The number of rotatable bonds is 4. The van der Waals surface area contributed by atoms with Gasteiger partial charge in [0.05, 0.1) is 0 Å². The van der Waals surface area contributed by atoms with Crippen LogP contribution in [0.1, 0.15) is 39.0 Å². The highest BCUT2D eigenvalue weighted by Gasteiger charge is 2.36. The van der Waals surface area contributed by atoms with Crippen LogP contribution in [0.2, 0.25) is 0 Å². The molecule has 0 aromatic rings. The average Bonchev–Trinajstić information content (AvgIpc) is 2.38. The van der Waals surface area contributed by atoms with Gasteiger partial charge in [0.15, 0.2) is 5.92 Å². The van der Waals surface area contributed by atoms with Crippen molar-refractivity contribution in [1.82, 2.24) is 10.6 Å². The summed E-state index contributed by atoms with van der Waals surface area (Å²) in [6, 6.07) is -0.767. The first-order valence-corrected chi connectivity index (χ1v) is 6.92. The number of nitrogens with zero attached hydrogens (tertiary/aromatic N) is 1. The molecule has 6 heteroatoms. The lowest BCUT2D eigenvalue weighted by Gasteiger charge is -2.20. The fraction of sp³-hybridized carbons (Fsp3) is 0.571. The van der Waals surface area contributed by atoms with Crippen molar-refractivity contribution in [2.24, 2.45) is 10.9 Å². The number of urea groups is 1. The van der Waals surface area contributed by atoms with Gasteiger partial charge in [-0.25, -0.2) is 4.79 Å². The molecule has 1 fully saturated rings. The number of hydrogen-bond acceptors (Lipinski definition) is 4. The molecule has 0 aromatic carbocycles. The molecule has 0 saturated carbocycles. The van der Waals surface area contributed by atoms with Gasteiger partial charge in [-0.2, -0.15) is 0 Å². The van der Waals surface area contributed by atoms with Crippen molar-refractivity contribution in [3.8, 4) is 0 Å². The molecule has 0 aromatic heterocycles. The number of allylic oxidation sites excluding steroid dienone is 1. The molecular weight excluding hydrogens is 258 g/mol. The van der Waals surface area contributed by atoms with E-state index >= 15 is 0 Å². The van der Waals surface area contributed by atoms with Crippen LogP contribution in [0.3, 0.4) is 0 Å². The van der Waals surface area contributed by atoms with E-state index in [4.69, 9.17) is 0 Å². The minimum absolute atomic E-state index is 0.448. The van der Waals surface area contributed by atoms with Crippen LogP contribution in [0.25, 0.3) is 0 Å². The van der Waals surface area contributed by atoms with Gasteiger partial charge in [-0.15, -0.1) is 0 Å². The maximum absolute atomic E-state index is 11.6. The number of amides is 4. The van der Waals surface area contributed by atoms with Gasteiger partial charge in [0.1, 0.15) is 0 Å². The first kappa shape index (κ1) is 14.4. The number of carbonyl (C=O) groups is 3. The Hall–Kier alpha value is -1.98. The molecular formula is C14H19N3O3. The Kier molecular flexibility index (Phi) is 4.65. The van der Waals surface area contributed by atoms with E-state index in [1.807, 2.05) is 0 Å². The fourth-order valence-corrected chi connectivity index (χ4v) is 2.50. The third kappa shape index (κ3) is 3.53. The Morgan fingerprint density at radius 2 is 1.95 bits per heavy atom. The van der Waals surface area contributed by atoms with Gasteiger partial charge >= 0.3 is 6.03 Å². The first-order valence-electron chi connectivity index (χ1n) is 6.92. The van der Waals surface area contributed by atoms with Crippen molar-refractivity contribution in [2.45, 2.75) is 39.0 Å². The molecule has 1 heterocycles. The predicted molar refractivity (Wildman–Crippen MR) is 74.3 cm³/mol. The zero-order valence-corrected chi connectivity index (χ0v) is 11.6. The van der Waals surface area contributed by atoms with Crippen molar-refractivity contribution < 1.29 is 14.4 Å². The van der Waals surface area contributed by atoms with Crippen LogP contribution >= 0.6 is 0 Å². The Morgan fingerprint density at radius 3 is 2.55 bits per heavy atom. The largest absolute Gasteiger partial charge is 0.328 e. The zero-order chi connectivity index (χ0) is 14.5. The molecule has 1 saturated heterocycles. The third-order valence-electron chi connectivity index (χ3n) is 3.59. The topological polar surface area (TPSA) is 87.6 Å². The van der Waals surface area contributed by atoms with E-state index in [0.717, 1.165) is 19.3 Å². The molecule has 20 heavy (non-hydrogen) atoms. The SMILES string of the molecule is CC(=NCCC1=CCCCC1)C1C(=O)NC(=O)NC1=O. The lowest BCUT2D eigenvalue weighted by molar-refractivity contribution is -0.132. The molecule has 0 bridgehead atoms. The van der Waals surface area contributed by atoms with Crippen molar-refractivity contribution in [3.05, 3.63) is 11.6 Å². The van der Waals surface area contributed by atoms with E-state index in [1.165, 1.54) is 18.4 Å². The summed E-state index contributed by atoms with van der Waals surface area (Å²) < 4.78 is 0. The maximum atomic E-state index is 11.6. The molecule has 1 aliphatic heterocycles. The summed E-state index contributed by atoms with van der Waals surface area (Å²) >= 11 is 0. The van der Waals surface area contributed by atoms with Crippen LogP contribution in [0.4, 0.5) is 4.79 Å². The molecule has 2 aliphatic rings. The molecule has 2 rings (SSSR count). The maximum Gasteiger partial charge on any atom is 0.328 e. The van der Waals surface area contributed by atoms with Crippen molar-refractivity contribution in [2.75, 3.05) is 6.54 Å². The highest BCUT2D eigenvalue weighted by atomic mass is 16.2. The molecule has 2 N–H and O–H groups in total. The average molecular weight is 277 g/mol. The smallest absolute Gasteiger partial charge is 0.293 e. The van der Waals surface area contributed by atoms with E-state index in [1.54, 1.807) is 6.92 Å². The quantitative estimate of drug-likeness (QED) is 0.461. The van der Waals surface area contributed by atoms with Gasteiger partial charge in [0, 0.05) is 12.3 Å². The molecule has 4 amide bonds. The van der Waals surface area contributed by atoms with E-state index in [9.17, 15) is 14.4 Å². The Balaban J connectivity index is 1.92. The van der Waals surface area contributed by atoms with Gasteiger partial charge in [-0.1, -0.05) is 11.6 Å². The summed E-state index contributed by atoms with van der Waals surface area (Å²) in [6.45, 7) is 2.22. The first-order chi connectivity index (χ1) is 9.58. The predicted octanol–water partition coefficient (Wildman–Crippen LogP) is 1.32. The molecule has 108 valence electrons. The number of carbonyl (C=O) groups excluding carboxylic acids is 3. The van der Waals surface area contributed by atoms with Crippen LogP contribution in [0, 0.1) is 5.92 Å². The second kappa shape index (κ2) is 6.45. The van der Waals surface area contributed by atoms with Gasteiger partial charge in [-0.3, -0.25) is 25.2 Å². The summed E-state index contributed by atoms with van der Waals surface area (Å²) in [4.78, 5) is 38.5. The second-order valence-electron chi connectivity index (χ2n) is 5.12. The van der Waals surface area contributed by atoms with E-state index in [-0.39, 0.29) is 0 Å². The van der Waals surface area contributed by atoms with Crippen molar-refractivity contribution in [3.63, 3.8) is 0 Å². The van der Waals surface area contributed by atoms with Gasteiger partial charge in [-0.05, 0) is 39.0 Å². The fourth-order valence-electron chi connectivity index (χ4n) is 2.50. The molecule has 0 spiro atoms. The minimum atomic E-state index is -0.993. The van der Waals surface area contributed by atoms with E-state index < -0.39 is 23.8 Å². The van der Waals surface area contributed by atoms with Crippen LogP contribution in [-0.2, 0) is 9.59 Å². The monoisotopic (exact) mass is 277 g/mol. The second-order valence-corrected chi connectivity index (χ2v) is 5.12. The summed E-state index contributed by atoms with van der Waals surface area (Å²) in [5.74, 6) is -2.19. The standard InChI is InChI=1S/C14H19N3O3/c1-9(11-12(18)16-14(20)17-13(11)19)15-8-7-10-5-3-2-4-6-10/h5,11H,2-4,6-8H2,1H3,(H2,16,17,18,19,20). The van der Waals surface area contributed by atoms with E-state index in [0.29, 0.717) is 12.3 Å². The Morgan fingerprint density at radius 1 is 1.25 bits per heavy atom. The summed E-state index contributed by atoms with van der Waals surface area (Å²) in [7, 11) is 0. The van der Waals surface area contributed by atoms with Crippen molar-refractivity contribution >= 4 is 23.6 Å². The summed E-state index contributed by atoms with van der Waals surface area (Å²) in [6.07, 6.45) is 7.85.